The molecule has 1 saturated heterocycles. The lowest BCUT2D eigenvalue weighted by molar-refractivity contribution is -0.0473. The molecule has 0 radical (unpaired) electrons. The van der Waals surface area contributed by atoms with E-state index in [9.17, 15) is 0 Å². The molecule has 84 valence electrons. The Morgan fingerprint density at radius 3 is 1.86 bits per heavy atom. The van der Waals surface area contributed by atoms with Gasteiger partial charge in [-0.05, 0) is 59.4 Å². The molecule has 1 heteroatoms. The standard InChI is InChI=1S/C13H27N/c1-7-8-14-12(3,4)9-11(2)10-13(14,5)6/h11H,7-10H2,1-6H3. The second-order valence-electron chi connectivity index (χ2n) is 6.29. The molecule has 0 amide bonds. The van der Waals surface area contributed by atoms with Gasteiger partial charge in [0.15, 0.2) is 0 Å². The maximum atomic E-state index is 2.71. The third-order valence-electron chi connectivity index (χ3n) is 3.60. The van der Waals surface area contributed by atoms with Gasteiger partial charge < -0.3 is 0 Å². The monoisotopic (exact) mass is 197 g/mol. The summed E-state index contributed by atoms with van der Waals surface area (Å²) in [5.74, 6) is 0.869. The van der Waals surface area contributed by atoms with E-state index in [4.69, 9.17) is 0 Å². The Labute approximate surface area is 89.9 Å². The molecule has 0 unspecified atom stereocenters. The smallest absolute Gasteiger partial charge is 0.0161 e. The Balaban J connectivity index is 2.85. The number of likely N-dealkylation sites (tertiary alicyclic amines) is 1. The van der Waals surface area contributed by atoms with E-state index in [2.05, 4.69) is 46.4 Å². The fourth-order valence-corrected chi connectivity index (χ4v) is 3.65. The first-order valence-corrected chi connectivity index (χ1v) is 6.07. The van der Waals surface area contributed by atoms with Crippen molar-refractivity contribution in [2.75, 3.05) is 6.54 Å². The van der Waals surface area contributed by atoms with Crippen molar-refractivity contribution in [2.24, 2.45) is 5.92 Å². The van der Waals surface area contributed by atoms with Crippen LogP contribution in [-0.2, 0) is 0 Å². The van der Waals surface area contributed by atoms with Gasteiger partial charge in [-0.3, -0.25) is 4.90 Å². The molecule has 0 aromatic carbocycles. The fraction of sp³-hybridized carbons (Fsp3) is 1.00. The molecule has 0 spiro atoms. The van der Waals surface area contributed by atoms with Crippen molar-refractivity contribution in [3.63, 3.8) is 0 Å². The second-order valence-corrected chi connectivity index (χ2v) is 6.29. The summed E-state index contributed by atoms with van der Waals surface area (Å²) in [5, 5.41) is 0. The van der Waals surface area contributed by atoms with Gasteiger partial charge in [-0.2, -0.15) is 0 Å². The van der Waals surface area contributed by atoms with Gasteiger partial charge in [0, 0.05) is 11.1 Å². The summed E-state index contributed by atoms with van der Waals surface area (Å²) >= 11 is 0. The Kier molecular flexibility index (Phi) is 3.30. The third kappa shape index (κ3) is 2.31. The number of nitrogens with zero attached hydrogens (tertiary/aromatic N) is 1. The first-order chi connectivity index (χ1) is 6.29. The Morgan fingerprint density at radius 2 is 1.50 bits per heavy atom. The van der Waals surface area contributed by atoms with E-state index in [0.29, 0.717) is 11.1 Å². The maximum absolute atomic E-state index is 2.71. The molecular formula is C13H27N. The minimum Gasteiger partial charge on any atom is -0.293 e. The van der Waals surface area contributed by atoms with Crippen LogP contribution in [0.1, 0.15) is 60.8 Å². The van der Waals surface area contributed by atoms with Gasteiger partial charge in [0.1, 0.15) is 0 Å². The van der Waals surface area contributed by atoms with Gasteiger partial charge in [0.05, 0.1) is 0 Å². The molecule has 0 N–H and O–H groups in total. The normalized spacial score (nSPS) is 27.9. The Hall–Kier alpha value is -0.0400. The zero-order valence-electron chi connectivity index (χ0n) is 10.9. The summed E-state index contributed by atoms with van der Waals surface area (Å²) in [6.07, 6.45) is 3.95. The van der Waals surface area contributed by atoms with Crippen LogP contribution in [0.4, 0.5) is 0 Å². The van der Waals surface area contributed by atoms with Crippen molar-refractivity contribution in [2.45, 2.75) is 71.9 Å². The predicted molar refractivity (Wildman–Crippen MR) is 63.6 cm³/mol. The van der Waals surface area contributed by atoms with Crippen LogP contribution < -0.4 is 0 Å². The van der Waals surface area contributed by atoms with Crippen LogP contribution >= 0.6 is 0 Å². The summed E-state index contributed by atoms with van der Waals surface area (Å²) in [6, 6.07) is 0. The average Bonchev–Trinajstić information content (AvgIpc) is 1.94. The molecule has 1 aliphatic rings. The van der Waals surface area contributed by atoms with Crippen molar-refractivity contribution in [1.82, 2.24) is 4.90 Å². The average molecular weight is 197 g/mol. The van der Waals surface area contributed by atoms with Gasteiger partial charge in [-0.25, -0.2) is 0 Å². The van der Waals surface area contributed by atoms with Crippen molar-refractivity contribution < 1.29 is 0 Å². The van der Waals surface area contributed by atoms with Crippen LogP contribution in [0.3, 0.4) is 0 Å². The van der Waals surface area contributed by atoms with Gasteiger partial charge >= 0.3 is 0 Å². The van der Waals surface area contributed by atoms with E-state index in [1.165, 1.54) is 25.8 Å². The second kappa shape index (κ2) is 3.84. The van der Waals surface area contributed by atoms with Gasteiger partial charge in [0.2, 0.25) is 0 Å². The van der Waals surface area contributed by atoms with Crippen molar-refractivity contribution in [1.29, 1.82) is 0 Å². The quantitative estimate of drug-likeness (QED) is 0.652. The highest BCUT2D eigenvalue weighted by Crippen LogP contribution is 2.40. The van der Waals surface area contributed by atoms with E-state index in [-0.39, 0.29) is 0 Å². The molecule has 0 bridgehead atoms. The summed E-state index contributed by atoms with van der Waals surface area (Å²) in [4.78, 5) is 2.71. The maximum Gasteiger partial charge on any atom is 0.0161 e. The molecule has 1 rings (SSSR count). The third-order valence-corrected chi connectivity index (χ3v) is 3.60. The molecule has 14 heavy (non-hydrogen) atoms. The zero-order chi connectivity index (χ0) is 11.0. The highest BCUT2D eigenvalue weighted by molar-refractivity contribution is 4.98. The van der Waals surface area contributed by atoms with Gasteiger partial charge in [-0.15, -0.1) is 0 Å². The summed E-state index contributed by atoms with van der Waals surface area (Å²) in [7, 11) is 0. The number of hydrogen-bond acceptors (Lipinski definition) is 1. The molecule has 0 aromatic rings. The van der Waals surface area contributed by atoms with E-state index in [1.54, 1.807) is 0 Å². The summed E-state index contributed by atoms with van der Waals surface area (Å²) < 4.78 is 0. The Morgan fingerprint density at radius 1 is 1.07 bits per heavy atom. The molecule has 1 aliphatic heterocycles. The van der Waals surface area contributed by atoms with Crippen LogP contribution in [0.15, 0.2) is 0 Å². The van der Waals surface area contributed by atoms with Crippen LogP contribution in [0.2, 0.25) is 0 Å². The van der Waals surface area contributed by atoms with E-state index >= 15 is 0 Å². The minimum absolute atomic E-state index is 0.386. The highest BCUT2D eigenvalue weighted by atomic mass is 15.3. The molecule has 0 atom stereocenters. The van der Waals surface area contributed by atoms with Crippen LogP contribution in [-0.4, -0.2) is 22.5 Å². The van der Waals surface area contributed by atoms with Crippen molar-refractivity contribution in [3.8, 4) is 0 Å². The molecule has 0 saturated carbocycles. The molecule has 0 aromatic heterocycles. The van der Waals surface area contributed by atoms with Crippen molar-refractivity contribution in [3.05, 3.63) is 0 Å². The molecular weight excluding hydrogens is 170 g/mol. The Bertz CT molecular complexity index is 175. The van der Waals surface area contributed by atoms with Crippen LogP contribution in [0.5, 0.6) is 0 Å². The lowest BCUT2D eigenvalue weighted by Crippen LogP contribution is -2.60. The number of hydrogen-bond donors (Lipinski definition) is 0. The lowest BCUT2D eigenvalue weighted by Gasteiger charge is -2.55. The largest absolute Gasteiger partial charge is 0.293 e. The van der Waals surface area contributed by atoms with Crippen LogP contribution in [0.25, 0.3) is 0 Å². The SMILES string of the molecule is CCCN1C(C)(C)CC(C)CC1(C)C. The van der Waals surface area contributed by atoms with Crippen molar-refractivity contribution >= 4 is 0 Å². The topological polar surface area (TPSA) is 3.24 Å². The van der Waals surface area contributed by atoms with Gasteiger partial charge in [0.25, 0.3) is 0 Å². The molecule has 1 nitrogen and oxygen atoms in total. The molecule has 1 fully saturated rings. The van der Waals surface area contributed by atoms with Crippen LogP contribution in [0, 0.1) is 5.92 Å². The summed E-state index contributed by atoms with van der Waals surface area (Å²) in [6.45, 7) is 15.5. The van der Waals surface area contributed by atoms with E-state index < -0.39 is 0 Å². The number of rotatable bonds is 2. The zero-order valence-corrected chi connectivity index (χ0v) is 10.9. The fourth-order valence-electron chi connectivity index (χ4n) is 3.65. The van der Waals surface area contributed by atoms with E-state index in [1.807, 2.05) is 0 Å². The predicted octanol–water partition coefficient (Wildman–Crippen LogP) is 3.69. The first kappa shape index (κ1) is 12.0. The first-order valence-electron chi connectivity index (χ1n) is 6.07. The summed E-state index contributed by atoms with van der Waals surface area (Å²) in [5.41, 5.74) is 0.772. The molecule has 0 aliphatic carbocycles. The van der Waals surface area contributed by atoms with E-state index in [0.717, 1.165) is 5.92 Å². The lowest BCUT2D eigenvalue weighted by atomic mass is 9.74. The highest BCUT2D eigenvalue weighted by Gasteiger charge is 2.42. The number of piperidine rings is 1. The van der Waals surface area contributed by atoms with Gasteiger partial charge in [-0.1, -0.05) is 13.8 Å². The minimum atomic E-state index is 0.386. The molecule has 1 heterocycles.